The van der Waals surface area contributed by atoms with E-state index in [2.05, 4.69) is 44.4 Å². The molecule has 7 nitrogen and oxygen atoms in total. The van der Waals surface area contributed by atoms with Crippen LogP contribution in [0.3, 0.4) is 0 Å². The summed E-state index contributed by atoms with van der Waals surface area (Å²) in [6, 6.07) is 4.89. The molecule has 2 aliphatic heterocycles. The molecule has 3 aromatic rings. The molecular weight excluding hydrogens is 347 g/mol. The van der Waals surface area contributed by atoms with Crippen LogP contribution >= 0.6 is 0 Å². The van der Waals surface area contributed by atoms with Crippen LogP contribution in [0.5, 0.6) is 0 Å². The lowest BCUT2D eigenvalue weighted by Gasteiger charge is -2.38. The third-order valence-corrected chi connectivity index (χ3v) is 5.03. The number of hydrogen-bond donors (Lipinski definition) is 2. The first-order valence-electron chi connectivity index (χ1n) is 8.82. The summed E-state index contributed by atoms with van der Waals surface area (Å²) in [5, 5.41) is 9.30. The van der Waals surface area contributed by atoms with Gasteiger partial charge in [0.05, 0.1) is 54.1 Å². The van der Waals surface area contributed by atoms with Crippen LogP contribution in [0.2, 0.25) is 0 Å². The van der Waals surface area contributed by atoms with E-state index >= 15 is 0 Å². The smallest absolute Gasteiger partial charge is 0.141 e. The van der Waals surface area contributed by atoms with Crippen LogP contribution in [-0.4, -0.2) is 43.9 Å². The third-order valence-electron chi connectivity index (χ3n) is 5.03. The van der Waals surface area contributed by atoms with Gasteiger partial charge >= 0.3 is 0 Å². The van der Waals surface area contributed by atoms with Crippen LogP contribution in [0.1, 0.15) is 31.1 Å². The minimum Gasteiger partial charge on any atom is -0.367 e. The van der Waals surface area contributed by atoms with Gasteiger partial charge in [-0.2, -0.15) is 5.10 Å². The van der Waals surface area contributed by atoms with E-state index in [0.29, 0.717) is 13.2 Å². The first-order chi connectivity index (χ1) is 13.0. The van der Waals surface area contributed by atoms with E-state index in [0.717, 1.165) is 33.6 Å². The van der Waals surface area contributed by atoms with Gasteiger partial charge in [-0.25, -0.2) is 9.82 Å². The Balaban J connectivity index is 1.69. The minimum absolute atomic E-state index is 0.216. The highest BCUT2D eigenvalue weighted by Gasteiger charge is 2.41. The number of hydrazine groups is 1. The molecule has 2 aliphatic rings. The summed E-state index contributed by atoms with van der Waals surface area (Å²) in [5.41, 5.74) is 8.74. The number of pyridine rings is 2. The molecule has 27 heavy (non-hydrogen) atoms. The molecule has 5 rings (SSSR count). The van der Waals surface area contributed by atoms with Crippen molar-refractivity contribution in [1.29, 1.82) is 0 Å². The van der Waals surface area contributed by atoms with Gasteiger partial charge in [0.2, 0.25) is 0 Å². The lowest BCUT2D eigenvalue weighted by molar-refractivity contribution is -0.0712. The molecule has 5 heterocycles. The average molecular weight is 366 g/mol. The minimum atomic E-state index is -0.354. The zero-order chi connectivity index (χ0) is 18.6. The summed E-state index contributed by atoms with van der Waals surface area (Å²) in [7, 11) is 0. The van der Waals surface area contributed by atoms with Crippen LogP contribution in [0.4, 0.5) is 4.39 Å². The van der Waals surface area contributed by atoms with E-state index in [1.165, 1.54) is 12.3 Å². The Bertz CT molecular complexity index is 1040. The van der Waals surface area contributed by atoms with Crippen molar-refractivity contribution in [3.05, 3.63) is 59.6 Å². The molecule has 0 aromatic carbocycles. The molecule has 138 valence electrons. The Morgan fingerprint density at radius 3 is 2.93 bits per heavy atom. The summed E-state index contributed by atoms with van der Waals surface area (Å²) in [6.07, 6.45) is 4.72. The highest BCUT2D eigenvalue weighted by Crippen LogP contribution is 2.42. The van der Waals surface area contributed by atoms with Gasteiger partial charge in [0, 0.05) is 17.3 Å². The molecule has 0 bridgehead atoms. The van der Waals surface area contributed by atoms with E-state index in [4.69, 9.17) is 4.74 Å². The maximum absolute atomic E-state index is 13.4. The molecule has 0 saturated carbocycles. The number of ether oxygens (including phenoxy) is 1. The molecular formula is C19H19FN6O. The summed E-state index contributed by atoms with van der Waals surface area (Å²) >= 11 is 0. The number of aromatic amines is 1. The fourth-order valence-electron chi connectivity index (χ4n) is 3.76. The van der Waals surface area contributed by atoms with E-state index in [1.807, 2.05) is 6.07 Å². The lowest BCUT2D eigenvalue weighted by atomic mass is 9.94. The fourth-order valence-corrected chi connectivity index (χ4v) is 3.76. The third kappa shape index (κ3) is 2.68. The average Bonchev–Trinajstić information content (AvgIpc) is 3.25. The number of aromatic nitrogens is 4. The highest BCUT2D eigenvalue weighted by atomic mass is 19.1. The fraction of sp³-hybridized carbons (Fsp3) is 0.316. The second-order valence-electron chi connectivity index (χ2n) is 7.45. The molecule has 0 amide bonds. The Morgan fingerprint density at radius 2 is 2.11 bits per heavy atom. The quantitative estimate of drug-likeness (QED) is 0.726. The summed E-state index contributed by atoms with van der Waals surface area (Å²) in [4.78, 5) is 8.68. The van der Waals surface area contributed by atoms with Crippen molar-refractivity contribution in [1.82, 2.24) is 30.6 Å². The Labute approximate surface area is 155 Å². The molecule has 0 radical (unpaired) electrons. The SMILES string of the molecule is CC1(C)CN2NC(c3ccc(F)cn3)C(c3ccnc4cn[nH]c34)=C2CO1. The van der Waals surface area contributed by atoms with Crippen molar-refractivity contribution in [3.63, 3.8) is 0 Å². The zero-order valence-corrected chi connectivity index (χ0v) is 15.0. The van der Waals surface area contributed by atoms with Crippen LogP contribution in [0, 0.1) is 5.82 Å². The lowest BCUT2D eigenvalue weighted by Crippen LogP contribution is -2.50. The number of hydrogen-bond acceptors (Lipinski definition) is 6. The molecule has 1 saturated heterocycles. The van der Waals surface area contributed by atoms with Crippen molar-refractivity contribution in [2.24, 2.45) is 0 Å². The van der Waals surface area contributed by atoms with Crippen LogP contribution in [-0.2, 0) is 4.74 Å². The predicted molar refractivity (Wildman–Crippen MR) is 97.6 cm³/mol. The Morgan fingerprint density at radius 1 is 1.22 bits per heavy atom. The summed E-state index contributed by atoms with van der Waals surface area (Å²) in [5.74, 6) is -0.354. The number of H-pyrrole nitrogens is 1. The van der Waals surface area contributed by atoms with Gasteiger partial charge in [-0.15, -0.1) is 0 Å². The topological polar surface area (TPSA) is 79.0 Å². The molecule has 8 heteroatoms. The number of rotatable bonds is 2. The van der Waals surface area contributed by atoms with Gasteiger partial charge in [0.25, 0.3) is 0 Å². The molecule has 2 N–H and O–H groups in total. The van der Waals surface area contributed by atoms with Gasteiger partial charge in [-0.3, -0.25) is 15.1 Å². The number of nitrogens with one attached hydrogen (secondary N) is 2. The van der Waals surface area contributed by atoms with Gasteiger partial charge in [0.15, 0.2) is 0 Å². The van der Waals surface area contributed by atoms with E-state index in [1.54, 1.807) is 18.5 Å². The number of nitrogens with zero attached hydrogens (tertiary/aromatic N) is 4. The van der Waals surface area contributed by atoms with E-state index in [9.17, 15) is 4.39 Å². The van der Waals surface area contributed by atoms with Gasteiger partial charge in [-0.05, 0) is 32.0 Å². The van der Waals surface area contributed by atoms with Crippen LogP contribution in [0.25, 0.3) is 16.6 Å². The van der Waals surface area contributed by atoms with Crippen molar-refractivity contribution < 1.29 is 9.13 Å². The number of fused-ring (bicyclic) bond motifs is 2. The molecule has 3 aromatic heterocycles. The molecule has 0 aliphatic carbocycles. The van der Waals surface area contributed by atoms with Gasteiger partial charge < -0.3 is 9.75 Å². The normalized spacial score (nSPS) is 21.7. The van der Waals surface area contributed by atoms with Crippen molar-refractivity contribution in [2.75, 3.05) is 13.2 Å². The molecule has 1 atom stereocenters. The largest absolute Gasteiger partial charge is 0.367 e. The maximum atomic E-state index is 13.4. The summed E-state index contributed by atoms with van der Waals surface area (Å²) in [6.45, 7) is 5.30. The maximum Gasteiger partial charge on any atom is 0.141 e. The zero-order valence-electron chi connectivity index (χ0n) is 15.0. The van der Waals surface area contributed by atoms with Crippen LogP contribution in [0.15, 0.2) is 42.5 Å². The van der Waals surface area contributed by atoms with E-state index in [-0.39, 0.29) is 17.5 Å². The Kier molecular flexibility index (Phi) is 3.53. The number of halogens is 1. The molecule has 1 fully saturated rings. The second kappa shape index (κ2) is 5.83. The predicted octanol–water partition coefficient (Wildman–Crippen LogP) is 2.57. The molecule has 1 unspecified atom stereocenters. The first kappa shape index (κ1) is 16.3. The number of morpholine rings is 1. The van der Waals surface area contributed by atoms with Gasteiger partial charge in [-0.1, -0.05) is 0 Å². The first-order valence-corrected chi connectivity index (χ1v) is 8.82. The Hall–Kier alpha value is -2.84. The van der Waals surface area contributed by atoms with Crippen LogP contribution < -0.4 is 5.43 Å². The summed E-state index contributed by atoms with van der Waals surface area (Å²) < 4.78 is 19.5. The van der Waals surface area contributed by atoms with E-state index < -0.39 is 0 Å². The second-order valence-corrected chi connectivity index (χ2v) is 7.45. The standard InChI is InChI=1S/C19H19FN6O/c1-19(2)10-26-15(9-27-19)16(12-5-6-21-14-8-23-24-17(12)14)18(25-26)13-4-3-11(20)7-22-13/h3-8,18,25H,9-10H2,1-2H3,(H,23,24). The van der Waals surface area contributed by atoms with Crippen molar-refractivity contribution >= 4 is 16.6 Å². The highest BCUT2D eigenvalue weighted by molar-refractivity contribution is 5.91. The monoisotopic (exact) mass is 366 g/mol. The van der Waals surface area contributed by atoms with Gasteiger partial charge in [0.1, 0.15) is 11.3 Å². The van der Waals surface area contributed by atoms with Crippen molar-refractivity contribution in [3.8, 4) is 0 Å². The molecule has 0 spiro atoms. The van der Waals surface area contributed by atoms with Crippen molar-refractivity contribution in [2.45, 2.75) is 25.5 Å².